The smallest absolute Gasteiger partial charge is 0.192 e. The zero-order valence-electron chi connectivity index (χ0n) is 20.0. The Kier molecular flexibility index (Phi) is 5.42. The Morgan fingerprint density at radius 3 is 2.24 bits per heavy atom. The molecule has 4 aliphatic carbocycles. The molecule has 0 radical (unpaired) electrons. The topological polar surface area (TPSA) is 49.7 Å². The van der Waals surface area contributed by atoms with Crippen molar-refractivity contribution in [2.24, 2.45) is 34.5 Å². The van der Waals surface area contributed by atoms with Crippen molar-refractivity contribution in [1.82, 2.24) is 0 Å². The van der Waals surface area contributed by atoms with Crippen molar-refractivity contribution in [3.05, 3.63) is 0 Å². The largest absolute Gasteiger partial charge is 0.413 e. The summed E-state index contributed by atoms with van der Waals surface area (Å²) in [4.78, 5) is 0. The van der Waals surface area contributed by atoms with Crippen LogP contribution in [-0.4, -0.2) is 36.8 Å². The van der Waals surface area contributed by atoms with E-state index >= 15 is 0 Å². The zero-order chi connectivity index (χ0) is 21.4. The van der Waals surface area contributed by atoms with Crippen molar-refractivity contribution in [2.45, 2.75) is 122 Å². The van der Waals surface area contributed by atoms with Gasteiger partial charge in [-0.15, -0.1) is 0 Å². The van der Waals surface area contributed by atoms with Crippen LogP contribution >= 0.6 is 0 Å². The SMILES string of the molecule is CC(C)(C)[Si](C)(C)OC1CCCC2[C@@H](O)C[C@@H]3[C@H](CC[C@]4(C)[C@@H](O)CC[C@@H]34)[C@@]12C. The van der Waals surface area contributed by atoms with E-state index in [1.165, 1.54) is 12.8 Å². The van der Waals surface area contributed by atoms with Gasteiger partial charge < -0.3 is 14.6 Å². The summed E-state index contributed by atoms with van der Waals surface area (Å²) in [7, 11) is -1.87. The summed E-state index contributed by atoms with van der Waals surface area (Å²) in [5.41, 5.74) is 0.138. The molecule has 4 aliphatic rings. The first-order valence-corrected chi connectivity index (χ1v) is 15.3. The van der Waals surface area contributed by atoms with Gasteiger partial charge in [-0.05, 0) is 92.2 Å². The predicted octanol–water partition coefficient (Wildman–Crippen LogP) is 5.75. The van der Waals surface area contributed by atoms with Crippen LogP contribution < -0.4 is 0 Å². The van der Waals surface area contributed by atoms with Gasteiger partial charge in [0.1, 0.15) is 0 Å². The molecular formula is C25H46O3Si. The zero-order valence-corrected chi connectivity index (χ0v) is 21.0. The van der Waals surface area contributed by atoms with Crippen molar-refractivity contribution < 1.29 is 14.6 Å². The Morgan fingerprint density at radius 1 is 0.897 bits per heavy atom. The van der Waals surface area contributed by atoms with Gasteiger partial charge in [0.05, 0.1) is 18.3 Å². The fourth-order valence-electron chi connectivity index (χ4n) is 8.03. The fraction of sp³-hybridized carbons (Fsp3) is 1.00. The monoisotopic (exact) mass is 422 g/mol. The van der Waals surface area contributed by atoms with Crippen LogP contribution in [0.5, 0.6) is 0 Å². The molecule has 0 aliphatic heterocycles. The maximum absolute atomic E-state index is 11.3. The third kappa shape index (κ3) is 3.22. The van der Waals surface area contributed by atoms with Gasteiger partial charge in [0.25, 0.3) is 0 Å². The van der Waals surface area contributed by atoms with Gasteiger partial charge in [-0.2, -0.15) is 0 Å². The number of hydrogen-bond donors (Lipinski definition) is 2. The molecule has 168 valence electrons. The number of rotatable bonds is 2. The van der Waals surface area contributed by atoms with E-state index in [1.54, 1.807) is 0 Å². The van der Waals surface area contributed by atoms with Crippen LogP contribution in [0.3, 0.4) is 0 Å². The van der Waals surface area contributed by atoms with Crippen molar-refractivity contribution in [3.8, 4) is 0 Å². The van der Waals surface area contributed by atoms with E-state index in [0.29, 0.717) is 23.7 Å². The van der Waals surface area contributed by atoms with E-state index in [1.807, 2.05) is 0 Å². The second-order valence-corrected chi connectivity index (χ2v) is 17.8. The normalized spacial score (nSPS) is 50.6. The predicted molar refractivity (Wildman–Crippen MR) is 121 cm³/mol. The summed E-state index contributed by atoms with van der Waals surface area (Å²) >= 11 is 0. The second-order valence-electron chi connectivity index (χ2n) is 13.1. The van der Waals surface area contributed by atoms with Crippen LogP contribution in [0.2, 0.25) is 18.1 Å². The molecule has 4 rings (SSSR count). The molecular weight excluding hydrogens is 376 g/mol. The lowest BCUT2D eigenvalue weighted by Gasteiger charge is -2.64. The molecule has 4 fully saturated rings. The Labute approximate surface area is 180 Å². The lowest BCUT2D eigenvalue weighted by Crippen LogP contribution is -2.63. The van der Waals surface area contributed by atoms with E-state index in [0.717, 1.165) is 38.5 Å². The maximum atomic E-state index is 11.3. The third-order valence-electron chi connectivity index (χ3n) is 10.9. The van der Waals surface area contributed by atoms with Crippen LogP contribution in [0, 0.1) is 34.5 Å². The Morgan fingerprint density at radius 2 is 1.59 bits per heavy atom. The average molecular weight is 423 g/mol. The maximum Gasteiger partial charge on any atom is 0.192 e. The van der Waals surface area contributed by atoms with Crippen LogP contribution in [0.15, 0.2) is 0 Å². The summed E-state index contributed by atoms with van der Waals surface area (Å²) in [6.45, 7) is 16.6. The first-order valence-electron chi connectivity index (χ1n) is 12.4. The van der Waals surface area contributed by atoms with Gasteiger partial charge in [0.15, 0.2) is 8.32 Å². The molecule has 4 heteroatoms. The van der Waals surface area contributed by atoms with Gasteiger partial charge >= 0.3 is 0 Å². The standard InChI is InChI=1S/C25H46O3Si/c1-23(2,3)29(6,7)28-22-10-8-9-19-20(26)15-16-17-11-12-21(27)24(17,4)14-13-18(16)25(19,22)5/h16-22,26-27H,8-15H2,1-7H3/t16-,17-,18-,19?,20-,21-,22?,24-,25+/m0/s1. The van der Waals surface area contributed by atoms with Gasteiger partial charge in [0.2, 0.25) is 0 Å². The van der Waals surface area contributed by atoms with Crippen molar-refractivity contribution in [1.29, 1.82) is 0 Å². The van der Waals surface area contributed by atoms with Crippen LogP contribution in [0.4, 0.5) is 0 Å². The highest BCUT2D eigenvalue weighted by molar-refractivity contribution is 6.74. The molecule has 3 nitrogen and oxygen atoms in total. The van der Waals surface area contributed by atoms with Crippen LogP contribution in [0.25, 0.3) is 0 Å². The summed E-state index contributed by atoms with van der Waals surface area (Å²) in [5.74, 6) is 2.13. The van der Waals surface area contributed by atoms with E-state index in [-0.39, 0.29) is 34.2 Å². The number of fused-ring (bicyclic) bond motifs is 5. The van der Waals surface area contributed by atoms with Crippen molar-refractivity contribution >= 4 is 8.32 Å². The summed E-state index contributed by atoms with van der Waals surface area (Å²) in [5, 5.41) is 22.3. The first-order chi connectivity index (χ1) is 13.3. The lowest BCUT2D eigenvalue weighted by atomic mass is 9.44. The Balaban J connectivity index is 1.68. The molecule has 0 bridgehead atoms. The molecule has 0 heterocycles. The van der Waals surface area contributed by atoms with Gasteiger partial charge in [-0.1, -0.05) is 41.0 Å². The van der Waals surface area contributed by atoms with Crippen molar-refractivity contribution in [2.75, 3.05) is 0 Å². The minimum Gasteiger partial charge on any atom is -0.413 e. The quantitative estimate of drug-likeness (QED) is 0.557. The lowest BCUT2D eigenvalue weighted by molar-refractivity contribution is -0.197. The van der Waals surface area contributed by atoms with E-state index < -0.39 is 8.32 Å². The minimum atomic E-state index is -1.87. The molecule has 29 heavy (non-hydrogen) atoms. The van der Waals surface area contributed by atoms with Gasteiger partial charge in [-0.25, -0.2) is 0 Å². The van der Waals surface area contributed by atoms with Crippen LogP contribution in [0.1, 0.15) is 86.0 Å². The molecule has 9 atom stereocenters. The molecule has 4 saturated carbocycles. The van der Waals surface area contributed by atoms with Crippen LogP contribution in [-0.2, 0) is 4.43 Å². The molecule has 0 amide bonds. The highest BCUT2D eigenvalue weighted by Crippen LogP contribution is 2.67. The highest BCUT2D eigenvalue weighted by Gasteiger charge is 2.64. The molecule has 0 saturated heterocycles. The molecule has 0 spiro atoms. The molecule has 2 unspecified atom stereocenters. The second kappa shape index (κ2) is 7.05. The number of aliphatic hydroxyl groups excluding tert-OH is 2. The fourth-order valence-corrected chi connectivity index (χ4v) is 9.46. The highest BCUT2D eigenvalue weighted by atomic mass is 28.4. The number of hydrogen-bond acceptors (Lipinski definition) is 3. The Bertz CT molecular complexity index is 628. The molecule has 2 N–H and O–H groups in total. The van der Waals surface area contributed by atoms with E-state index in [2.05, 4.69) is 47.7 Å². The minimum absolute atomic E-state index is 0.0640. The van der Waals surface area contributed by atoms with Crippen molar-refractivity contribution in [3.63, 3.8) is 0 Å². The molecule has 0 aromatic rings. The average Bonchev–Trinajstić information content (AvgIpc) is 2.91. The summed E-state index contributed by atoms with van der Waals surface area (Å²) in [6.07, 6.45) is 8.80. The summed E-state index contributed by atoms with van der Waals surface area (Å²) in [6, 6.07) is 0. The molecule has 0 aromatic carbocycles. The van der Waals surface area contributed by atoms with Gasteiger partial charge in [-0.3, -0.25) is 0 Å². The Hall–Kier alpha value is 0.0969. The summed E-state index contributed by atoms with van der Waals surface area (Å²) < 4.78 is 7.15. The first kappa shape index (κ1) is 22.3. The van der Waals surface area contributed by atoms with E-state index in [4.69, 9.17) is 4.43 Å². The number of aliphatic hydroxyl groups is 2. The van der Waals surface area contributed by atoms with Gasteiger partial charge in [0, 0.05) is 5.41 Å². The third-order valence-corrected chi connectivity index (χ3v) is 15.4. The van der Waals surface area contributed by atoms with E-state index in [9.17, 15) is 10.2 Å². The molecule has 0 aromatic heterocycles.